The third-order valence-corrected chi connectivity index (χ3v) is 3.45. The number of aromatic nitrogens is 2. The van der Waals surface area contributed by atoms with Crippen molar-refractivity contribution in [3.63, 3.8) is 0 Å². The molecule has 2 rings (SSSR count). The van der Waals surface area contributed by atoms with Crippen molar-refractivity contribution in [3.8, 4) is 0 Å². The zero-order chi connectivity index (χ0) is 13.0. The second-order valence-corrected chi connectivity index (χ2v) is 4.92. The second kappa shape index (κ2) is 5.91. The Kier molecular flexibility index (Phi) is 4.25. The molecule has 0 aromatic carbocycles. The summed E-state index contributed by atoms with van der Waals surface area (Å²) in [4.78, 5) is 20.0. The zero-order valence-corrected chi connectivity index (χ0v) is 10.6. The van der Waals surface area contributed by atoms with Crippen LogP contribution >= 0.6 is 0 Å². The van der Waals surface area contributed by atoms with Gasteiger partial charge in [0.1, 0.15) is 5.69 Å². The van der Waals surface area contributed by atoms with E-state index in [-0.39, 0.29) is 18.6 Å². The molecule has 1 aliphatic rings. The van der Waals surface area contributed by atoms with Crippen molar-refractivity contribution in [3.05, 3.63) is 23.8 Å². The molecular formula is C13H19N3O2. The Labute approximate surface area is 107 Å². The average molecular weight is 249 g/mol. The molecule has 0 aliphatic heterocycles. The van der Waals surface area contributed by atoms with Gasteiger partial charge in [-0.1, -0.05) is 0 Å². The fourth-order valence-corrected chi connectivity index (χ4v) is 2.26. The number of amides is 1. The minimum atomic E-state index is -0.157. The van der Waals surface area contributed by atoms with Crippen molar-refractivity contribution < 1.29 is 9.90 Å². The van der Waals surface area contributed by atoms with E-state index in [0.29, 0.717) is 11.6 Å². The Morgan fingerprint density at radius 1 is 1.33 bits per heavy atom. The fraction of sp³-hybridized carbons (Fsp3) is 0.615. The van der Waals surface area contributed by atoms with Crippen LogP contribution in [0.1, 0.15) is 41.9 Å². The van der Waals surface area contributed by atoms with Gasteiger partial charge in [0.2, 0.25) is 0 Å². The number of hydrogen-bond acceptors (Lipinski definition) is 4. The Hall–Kier alpha value is -1.49. The van der Waals surface area contributed by atoms with Crippen LogP contribution in [-0.4, -0.2) is 33.6 Å². The van der Waals surface area contributed by atoms with Crippen molar-refractivity contribution in [1.29, 1.82) is 0 Å². The summed E-state index contributed by atoms with van der Waals surface area (Å²) in [5.41, 5.74) is 1.17. The fourth-order valence-electron chi connectivity index (χ4n) is 2.26. The van der Waals surface area contributed by atoms with Gasteiger partial charge in [-0.15, -0.1) is 0 Å². The Bertz CT molecular complexity index is 397. The molecule has 0 unspecified atom stereocenters. The SMILES string of the molecule is Cc1cnc(C(=O)NC2CCC(CO)CC2)cn1. The predicted molar refractivity (Wildman–Crippen MR) is 67.1 cm³/mol. The topological polar surface area (TPSA) is 75.1 Å². The van der Waals surface area contributed by atoms with E-state index in [0.717, 1.165) is 31.4 Å². The van der Waals surface area contributed by atoms with Gasteiger partial charge in [-0.05, 0) is 38.5 Å². The number of nitrogens with zero attached hydrogens (tertiary/aromatic N) is 2. The van der Waals surface area contributed by atoms with E-state index in [1.54, 1.807) is 6.20 Å². The molecule has 5 heteroatoms. The van der Waals surface area contributed by atoms with E-state index >= 15 is 0 Å². The molecule has 0 saturated heterocycles. The van der Waals surface area contributed by atoms with Gasteiger partial charge >= 0.3 is 0 Å². The van der Waals surface area contributed by atoms with Crippen molar-refractivity contribution in [2.45, 2.75) is 38.6 Å². The summed E-state index contributed by atoms with van der Waals surface area (Å²) in [6.07, 6.45) is 6.90. The Balaban J connectivity index is 1.86. The molecule has 0 radical (unpaired) electrons. The van der Waals surface area contributed by atoms with Crippen LogP contribution in [0.2, 0.25) is 0 Å². The maximum Gasteiger partial charge on any atom is 0.271 e. The Morgan fingerprint density at radius 3 is 2.61 bits per heavy atom. The van der Waals surface area contributed by atoms with Crippen molar-refractivity contribution in [1.82, 2.24) is 15.3 Å². The Morgan fingerprint density at radius 2 is 2.06 bits per heavy atom. The molecule has 1 aromatic heterocycles. The van der Waals surface area contributed by atoms with Crippen LogP contribution in [0.4, 0.5) is 0 Å². The molecule has 1 aromatic rings. The molecule has 2 N–H and O–H groups in total. The van der Waals surface area contributed by atoms with Gasteiger partial charge in [-0.2, -0.15) is 0 Å². The summed E-state index contributed by atoms with van der Waals surface area (Å²) in [6, 6.07) is 0.198. The van der Waals surface area contributed by atoms with Crippen LogP contribution in [0.5, 0.6) is 0 Å². The molecule has 0 bridgehead atoms. The van der Waals surface area contributed by atoms with Crippen molar-refractivity contribution >= 4 is 5.91 Å². The van der Waals surface area contributed by atoms with Gasteiger partial charge < -0.3 is 10.4 Å². The summed E-state index contributed by atoms with van der Waals surface area (Å²) in [6.45, 7) is 2.09. The summed E-state index contributed by atoms with van der Waals surface area (Å²) in [5, 5.41) is 12.0. The zero-order valence-electron chi connectivity index (χ0n) is 10.6. The molecule has 1 saturated carbocycles. The summed E-state index contributed by atoms with van der Waals surface area (Å²) < 4.78 is 0. The lowest BCUT2D eigenvalue weighted by Crippen LogP contribution is -2.38. The number of hydrogen-bond donors (Lipinski definition) is 2. The normalized spacial score (nSPS) is 23.7. The van der Waals surface area contributed by atoms with Gasteiger partial charge in [-0.3, -0.25) is 9.78 Å². The first-order valence-corrected chi connectivity index (χ1v) is 6.39. The second-order valence-electron chi connectivity index (χ2n) is 4.92. The van der Waals surface area contributed by atoms with Gasteiger partial charge in [0, 0.05) is 18.8 Å². The molecule has 98 valence electrons. The van der Waals surface area contributed by atoms with Crippen LogP contribution < -0.4 is 5.32 Å². The number of rotatable bonds is 3. The molecule has 1 heterocycles. The van der Waals surface area contributed by atoms with Gasteiger partial charge in [0.25, 0.3) is 5.91 Å². The number of nitrogens with one attached hydrogen (secondary N) is 1. The third kappa shape index (κ3) is 3.26. The minimum absolute atomic E-state index is 0.157. The largest absolute Gasteiger partial charge is 0.396 e. The van der Waals surface area contributed by atoms with Crippen LogP contribution in [0.25, 0.3) is 0 Å². The molecule has 1 amide bonds. The molecular weight excluding hydrogens is 230 g/mol. The van der Waals surface area contributed by atoms with E-state index in [4.69, 9.17) is 5.11 Å². The van der Waals surface area contributed by atoms with Gasteiger partial charge in [0.15, 0.2) is 0 Å². The average Bonchev–Trinajstić information content (AvgIpc) is 2.40. The molecule has 0 spiro atoms. The maximum atomic E-state index is 11.9. The highest BCUT2D eigenvalue weighted by Crippen LogP contribution is 2.23. The number of carbonyl (C=O) groups excluding carboxylic acids is 1. The van der Waals surface area contributed by atoms with E-state index in [2.05, 4.69) is 15.3 Å². The van der Waals surface area contributed by atoms with Gasteiger partial charge in [-0.25, -0.2) is 4.98 Å². The van der Waals surface area contributed by atoms with E-state index < -0.39 is 0 Å². The van der Waals surface area contributed by atoms with Crippen molar-refractivity contribution in [2.75, 3.05) is 6.61 Å². The highest BCUT2D eigenvalue weighted by atomic mass is 16.3. The highest BCUT2D eigenvalue weighted by Gasteiger charge is 2.22. The first-order chi connectivity index (χ1) is 8.69. The van der Waals surface area contributed by atoms with E-state index in [1.165, 1.54) is 6.20 Å². The lowest BCUT2D eigenvalue weighted by atomic mass is 9.86. The standard InChI is InChI=1S/C13H19N3O2/c1-9-6-15-12(7-14-9)13(18)16-11-4-2-10(8-17)3-5-11/h6-7,10-11,17H,2-5,8H2,1H3,(H,16,18). The number of aliphatic hydroxyl groups excluding tert-OH is 1. The summed E-state index contributed by atoms with van der Waals surface area (Å²) >= 11 is 0. The lowest BCUT2D eigenvalue weighted by molar-refractivity contribution is 0.0908. The molecule has 1 fully saturated rings. The molecule has 18 heavy (non-hydrogen) atoms. The third-order valence-electron chi connectivity index (χ3n) is 3.45. The number of aryl methyl sites for hydroxylation is 1. The molecule has 0 atom stereocenters. The first-order valence-electron chi connectivity index (χ1n) is 6.39. The molecule has 5 nitrogen and oxygen atoms in total. The maximum absolute atomic E-state index is 11.9. The summed E-state index contributed by atoms with van der Waals surface area (Å²) in [7, 11) is 0. The van der Waals surface area contributed by atoms with Crippen LogP contribution in [0.15, 0.2) is 12.4 Å². The van der Waals surface area contributed by atoms with Gasteiger partial charge in [0.05, 0.1) is 11.9 Å². The van der Waals surface area contributed by atoms with E-state index in [9.17, 15) is 4.79 Å². The number of aliphatic hydroxyl groups is 1. The highest BCUT2D eigenvalue weighted by molar-refractivity contribution is 5.92. The minimum Gasteiger partial charge on any atom is -0.396 e. The van der Waals surface area contributed by atoms with E-state index in [1.807, 2.05) is 6.92 Å². The predicted octanol–water partition coefficient (Wildman–Crippen LogP) is 1.07. The number of carbonyl (C=O) groups is 1. The summed E-state index contributed by atoms with van der Waals surface area (Å²) in [5.74, 6) is 0.243. The monoisotopic (exact) mass is 249 g/mol. The smallest absolute Gasteiger partial charge is 0.271 e. The van der Waals surface area contributed by atoms with Crippen LogP contribution in [0, 0.1) is 12.8 Å². The van der Waals surface area contributed by atoms with Crippen LogP contribution in [-0.2, 0) is 0 Å². The quantitative estimate of drug-likeness (QED) is 0.840. The lowest BCUT2D eigenvalue weighted by Gasteiger charge is -2.27. The first kappa shape index (κ1) is 13.0. The molecule has 1 aliphatic carbocycles. The van der Waals surface area contributed by atoms with Crippen molar-refractivity contribution in [2.24, 2.45) is 5.92 Å². The van der Waals surface area contributed by atoms with Crippen LogP contribution in [0.3, 0.4) is 0 Å².